The minimum atomic E-state index is 0.167. The first-order valence-electron chi connectivity index (χ1n) is 7.16. The third kappa shape index (κ3) is 1.02. The Bertz CT molecular complexity index is 713. The van der Waals surface area contributed by atoms with Gasteiger partial charge in [0.1, 0.15) is 24.4 Å². The van der Waals surface area contributed by atoms with Gasteiger partial charge >= 0.3 is 0 Å². The number of ether oxygens (including phenoxy) is 2. The van der Waals surface area contributed by atoms with Crippen molar-refractivity contribution < 1.29 is 9.47 Å². The van der Waals surface area contributed by atoms with Gasteiger partial charge < -0.3 is 9.47 Å². The van der Waals surface area contributed by atoms with Crippen LogP contribution in [-0.4, -0.2) is 0 Å². The van der Waals surface area contributed by atoms with Crippen molar-refractivity contribution >= 4 is 10.8 Å². The van der Waals surface area contributed by atoms with Crippen LogP contribution in [-0.2, 0) is 9.47 Å². The molecule has 4 bridgehead atoms. The maximum atomic E-state index is 5.92. The zero-order chi connectivity index (χ0) is 12.8. The smallest absolute Gasteiger partial charge is 0.102 e. The maximum Gasteiger partial charge on any atom is 0.102 e. The van der Waals surface area contributed by atoms with Gasteiger partial charge in [-0.15, -0.1) is 0 Å². The maximum absolute atomic E-state index is 5.92. The molecule has 0 unspecified atom stereocenters. The minimum absolute atomic E-state index is 0.167. The van der Waals surface area contributed by atoms with E-state index in [1.807, 2.05) is 0 Å². The number of fused-ring (bicyclic) bond motifs is 11. The Morgan fingerprint density at radius 3 is 1.10 bits per heavy atom. The number of hydrogen-bond donors (Lipinski definition) is 0. The fourth-order valence-electron chi connectivity index (χ4n) is 4.01. The standard InChI is InChI=1S/C18H12O2/c1-2-16-12-6-10-8-14-13(17-3-4-18(14)20-17)7-9(10)5-11(12)15(1)19-16/h1-8,15-18H/t15-,16+,17-,18+. The van der Waals surface area contributed by atoms with Gasteiger partial charge in [-0.05, 0) is 57.3 Å². The van der Waals surface area contributed by atoms with Crippen LogP contribution in [0.3, 0.4) is 0 Å². The van der Waals surface area contributed by atoms with Gasteiger partial charge in [0, 0.05) is 0 Å². The molecule has 0 saturated carbocycles. The second-order valence-electron chi connectivity index (χ2n) is 6.03. The van der Waals surface area contributed by atoms with Crippen molar-refractivity contribution in [2.24, 2.45) is 0 Å². The first kappa shape index (κ1) is 9.92. The monoisotopic (exact) mass is 260 g/mol. The summed E-state index contributed by atoms with van der Waals surface area (Å²) >= 11 is 0. The average molecular weight is 260 g/mol. The molecule has 20 heavy (non-hydrogen) atoms. The van der Waals surface area contributed by atoms with E-state index in [1.165, 1.54) is 33.0 Å². The molecule has 4 aliphatic rings. The predicted molar refractivity (Wildman–Crippen MR) is 75.4 cm³/mol. The highest BCUT2D eigenvalue weighted by Gasteiger charge is 2.36. The molecule has 2 aromatic carbocycles. The second kappa shape index (κ2) is 3.05. The molecule has 4 aliphatic heterocycles. The Morgan fingerprint density at radius 2 is 0.800 bits per heavy atom. The molecule has 6 rings (SSSR count). The van der Waals surface area contributed by atoms with Gasteiger partial charge in [0.05, 0.1) is 0 Å². The highest BCUT2D eigenvalue weighted by atomic mass is 16.5. The molecule has 0 radical (unpaired) electrons. The average Bonchev–Trinajstić information content (AvgIpc) is 3.23. The van der Waals surface area contributed by atoms with Crippen LogP contribution in [0.25, 0.3) is 10.8 Å². The highest BCUT2D eigenvalue weighted by Crippen LogP contribution is 2.50. The summed E-state index contributed by atoms with van der Waals surface area (Å²) in [6.07, 6.45) is 9.33. The molecule has 0 aromatic heterocycles. The van der Waals surface area contributed by atoms with Crippen LogP contribution in [0.2, 0.25) is 0 Å². The van der Waals surface area contributed by atoms with Crippen molar-refractivity contribution in [2.75, 3.05) is 0 Å². The SMILES string of the molecule is C1=C[C@H]2O[C@@H]1c1cc3cc4c(cc3cc12)[C@H]1C=C[C@@H]4O1. The summed E-state index contributed by atoms with van der Waals surface area (Å²) in [6.45, 7) is 0. The molecule has 2 heteroatoms. The van der Waals surface area contributed by atoms with Crippen LogP contribution in [0, 0.1) is 0 Å². The van der Waals surface area contributed by atoms with Crippen LogP contribution >= 0.6 is 0 Å². The molecular weight excluding hydrogens is 248 g/mol. The fraction of sp³-hybridized carbons (Fsp3) is 0.222. The van der Waals surface area contributed by atoms with Gasteiger partial charge in [0.25, 0.3) is 0 Å². The summed E-state index contributed by atoms with van der Waals surface area (Å²) in [5.74, 6) is 0. The Morgan fingerprint density at radius 1 is 0.500 bits per heavy atom. The first-order valence-corrected chi connectivity index (χ1v) is 7.16. The van der Waals surface area contributed by atoms with Crippen LogP contribution in [0.4, 0.5) is 0 Å². The summed E-state index contributed by atoms with van der Waals surface area (Å²) < 4.78 is 11.8. The molecule has 0 saturated heterocycles. The van der Waals surface area contributed by atoms with Gasteiger partial charge in [0.2, 0.25) is 0 Å². The van der Waals surface area contributed by atoms with Crippen LogP contribution < -0.4 is 0 Å². The molecule has 0 N–H and O–H groups in total. The second-order valence-corrected chi connectivity index (χ2v) is 6.03. The Balaban J connectivity index is 1.66. The van der Waals surface area contributed by atoms with E-state index in [9.17, 15) is 0 Å². The lowest BCUT2D eigenvalue weighted by molar-refractivity contribution is 0.0878. The third-order valence-electron chi connectivity index (χ3n) is 4.98. The highest BCUT2D eigenvalue weighted by molar-refractivity contribution is 5.87. The summed E-state index contributed by atoms with van der Waals surface area (Å²) in [5, 5.41) is 2.60. The summed E-state index contributed by atoms with van der Waals surface area (Å²) in [7, 11) is 0. The van der Waals surface area contributed by atoms with Crippen molar-refractivity contribution in [2.45, 2.75) is 24.4 Å². The third-order valence-corrected chi connectivity index (χ3v) is 4.98. The lowest BCUT2D eigenvalue weighted by Crippen LogP contribution is -1.96. The van der Waals surface area contributed by atoms with Crippen LogP contribution in [0.5, 0.6) is 0 Å². The number of benzene rings is 2. The van der Waals surface area contributed by atoms with Crippen molar-refractivity contribution in [1.29, 1.82) is 0 Å². The molecule has 0 aliphatic carbocycles. The number of hydrogen-bond acceptors (Lipinski definition) is 2. The largest absolute Gasteiger partial charge is 0.357 e. The van der Waals surface area contributed by atoms with E-state index >= 15 is 0 Å². The normalized spacial score (nSPS) is 34.2. The van der Waals surface area contributed by atoms with Crippen molar-refractivity contribution in [3.63, 3.8) is 0 Å². The van der Waals surface area contributed by atoms with E-state index < -0.39 is 0 Å². The fourth-order valence-corrected chi connectivity index (χ4v) is 4.01. The van der Waals surface area contributed by atoms with E-state index in [4.69, 9.17) is 9.47 Å². The zero-order valence-corrected chi connectivity index (χ0v) is 10.7. The Kier molecular flexibility index (Phi) is 1.51. The van der Waals surface area contributed by atoms with Gasteiger partial charge in [-0.25, -0.2) is 0 Å². The topological polar surface area (TPSA) is 18.5 Å². The molecule has 0 fully saturated rings. The van der Waals surface area contributed by atoms with E-state index in [-0.39, 0.29) is 24.4 Å². The summed E-state index contributed by atoms with van der Waals surface area (Å²) in [4.78, 5) is 0. The summed E-state index contributed by atoms with van der Waals surface area (Å²) in [6, 6.07) is 9.20. The zero-order valence-electron chi connectivity index (χ0n) is 10.7. The quantitative estimate of drug-likeness (QED) is 0.661. The molecule has 4 atom stereocenters. The van der Waals surface area contributed by atoms with Gasteiger partial charge in [-0.1, -0.05) is 24.3 Å². The minimum Gasteiger partial charge on any atom is -0.357 e. The van der Waals surface area contributed by atoms with Crippen molar-refractivity contribution in [3.8, 4) is 0 Å². The predicted octanol–water partition coefficient (Wildman–Crippen LogP) is 4.20. The van der Waals surface area contributed by atoms with Crippen molar-refractivity contribution in [1.82, 2.24) is 0 Å². The van der Waals surface area contributed by atoms with Crippen molar-refractivity contribution in [3.05, 3.63) is 70.8 Å². The van der Waals surface area contributed by atoms with E-state index in [0.717, 1.165) is 0 Å². The van der Waals surface area contributed by atoms with Gasteiger partial charge in [-0.3, -0.25) is 0 Å². The van der Waals surface area contributed by atoms with Crippen LogP contribution in [0.15, 0.2) is 48.6 Å². The first-order chi connectivity index (χ1) is 9.87. The van der Waals surface area contributed by atoms with Gasteiger partial charge in [0.15, 0.2) is 0 Å². The molecule has 4 heterocycles. The molecule has 2 aromatic rings. The molecule has 0 amide bonds. The van der Waals surface area contributed by atoms with E-state index in [0.29, 0.717) is 0 Å². The van der Waals surface area contributed by atoms with E-state index in [2.05, 4.69) is 48.6 Å². The molecule has 96 valence electrons. The summed E-state index contributed by atoms with van der Waals surface area (Å²) in [5.41, 5.74) is 5.35. The molecule has 2 nitrogen and oxygen atoms in total. The Hall–Kier alpha value is -1.90. The lowest BCUT2D eigenvalue weighted by atomic mass is 9.89. The number of rotatable bonds is 0. The lowest BCUT2D eigenvalue weighted by Gasteiger charge is -2.13. The molecule has 0 spiro atoms. The molecular formula is C18H12O2. The van der Waals surface area contributed by atoms with Crippen LogP contribution in [0.1, 0.15) is 46.7 Å². The Labute approximate surface area is 116 Å². The van der Waals surface area contributed by atoms with Gasteiger partial charge in [-0.2, -0.15) is 0 Å². The van der Waals surface area contributed by atoms with E-state index in [1.54, 1.807) is 0 Å².